The van der Waals surface area contributed by atoms with Crippen molar-refractivity contribution in [3.05, 3.63) is 59.4 Å². The van der Waals surface area contributed by atoms with E-state index in [4.69, 9.17) is 14.7 Å². The Labute approximate surface area is 169 Å². The average Bonchev–Trinajstić information content (AvgIpc) is 2.73. The second-order valence-electron chi connectivity index (χ2n) is 5.95. The van der Waals surface area contributed by atoms with Crippen molar-refractivity contribution in [3.8, 4) is 22.9 Å². The van der Waals surface area contributed by atoms with Crippen LogP contribution in [0.5, 0.6) is 5.75 Å². The van der Waals surface area contributed by atoms with Gasteiger partial charge in [0, 0.05) is 12.1 Å². The summed E-state index contributed by atoms with van der Waals surface area (Å²) in [4.78, 5) is 24.6. The van der Waals surface area contributed by atoms with Crippen LogP contribution in [-0.2, 0) is 9.53 Å². The van der Waals surface area contributed by atoms with Gasteiger partial charge in [0.25, 0.3) is 5.91 Å². The lowest BCUT2D eigenvalue weighted by Gasteiger charge is -2.13. The first kappa shape index (κ1) is 21.5. The van der Waals surface area contributed by atoms with Crippen molar-refractivity contribution in [1.29, 1.82) is 5.26 Å². The van der Waals surface area contributed by atoms with Crippen LogP contribution in [0.1, 0.15) is 30.6 Å². The molecule has 0 radical (unpaired) electrons. The average molecular weight is 394 g/mol. The third kappa shape index (κ3) is 5.14. The van der Waals surface area contributed by atoms with Gasteiger partial charge in [-0.25, -0.2) is 4.79 Å². The second-order valence-corrected chi connectivity index (χ2v) is 5.95. The van der Waals surface area contributed by atoms with Crippen LogP contribution in [0.2, 0.25) is 0 Å². The number of allylic oxidation sites excluding steroid dienone is 1. The van der Waals surface area contributed by atoms with Gasteiger partial charge in [-0.3, -0.25) is 4.79 Å². The Morgan fingerprint density at radius 3 is 2.55 bits per heavy atom. The molecule has 150 valence electrons. The number of nitrogens with zero attached hydrogens (tertiary/aromatic N) is 1. The number of benzene rings is 2. The maximum Gasteiger partial charge on any atom is 0.338 e. The lowest BCUT2D eigenvalue weighted by molar-refractivity contribution is -0.112. The lowest BCUT2D eigenvalue weighted by atomic mass is 9.98. The molecule has 0 aliphatic carbocycles. The SMILES string of the molecule is CCOc1cccc(-c2ccc(NC(=O)/C(C#N)=C(\O)CC)cc2C(=O)OC)c1. The molecule has 2 aromatic carbocycles. The van der Waals surface area contributed by atoms with Gasteiger partial charge in [-0.15, -0.1) is 0 Å². The fraction of sp³-hybridized carbons (Fsp3) is 0.227. The Balaban J connectivity index is 2.45. The van der Waals surface area contributed by atoms with Crippen LogP contribution in [0.3, 0.4) is 0 Å². The summed E-state index contributed by atoms with van der Waals surface area (Å²) in [5.41, 5.74) is 1.50. The lowest BCUT2D eigenvalue weighted by Crippen LogP contribution is -2.16. The molecular weight excluding hydrogens is 372 g/mol. The number of nitriles is 1. The number of aliphatic hydroxyl groups is 1. The van der Waals surface area contributed by atoms with Gasteiger partial charge in [0.1, 0.15) is 17.6 Å². The predicted molar refractivity (Wildman–Crippen MR) is 109 cm³/mol. The maximum atomic E-state index is 12.3. The van der Waals surface area contributed by atoms with Crippen molar-refractivity contribution in [1.82, 2.24) is 0 Å². The Morgan fingerprint density at radius 1 is 1.17 bits per heavy atom. The Kier molecular flexibility index (Phi) is 7.38. The normalized spacial score (nSPS) is 11.1. The van der Waals surface area contributed by atoms with Crippen molar-refractivity contribution in [3.63, 3.8) is 0 Å². The highest BCUT2D eigenvalue weighted by Crippen LogP contribution is 2.30. The highest BCUT2D eigenvalue weighted by atomic mass is 16.5. The molecule has 29 heavy (non-hydrogen) atoms. The van der Waals surface area contributed by atoms with E-state index in [0.29, 0.717) is 17.9 Å². The first-order valence-corrected chi connectivity index (χ1v) is 9.04. The number of amides is 1. The molecule has 7 heteroatoms. The van der Waals surface area contributed by atoms with Crippen LogP contribution >= 0.6 is 0 Å². The summed E-state index contributed by atoms with van der Waals surface area (Å²) in [6.45, 7) is 4.02. The number of hydrogen-bond donors (Lipinski definition) is 2. The summed E-state index contributed by atoms with van der Waals surface area (Å²) in [6, 6.07) is 13.7. The minimum atomic E-state index is -0.756. The second kappa shape index (κ2) is 9.95. The molecular formula is C22H22N2O5. The number of carbonyl (C=O) groups excluding carboxylic acids is 2. The molecule has 0 aliphatic rings. The van der Waals surface area contributed by atoms with E-state index in [0.717, 1.165) is 5.56 Å². The molecule has 0 fully saturated rings. The van der Waals surface area contributed by atoms with Crippen molar-refractivity contribution in [2.24, 2.45) is 0 Å². The number of anilines is 1. The van der Waals surface area contributed by atoms with E-state index in [-0.39, 0.29) is 29.0 Å². The third-order valence-corrected chi connectivity index (χ3v) is 4.10. The summed E-state index contributed by atoms with van der Waals surface area (Å²) in [5, 5.41) is 21.4. The minimum absolute atomic E-state index is 0.152. The fourth-order valence-corrected chi connectivity index (χ4v) is 2.69. The van der Waals surface area contributed by atoms with Crippen molar-refractivity contribution < 1.29 is 24.2 Å². The number of esters is 1. The molecule has 0 aliphatic heterocycles. The molecule has 0 saturated heterocycles. The monoisotopic (exact) mass is 394 g/mol. The van der Waals surface area contributed by atoms with Gasteiger partial charge in [-0.2, -0.15) is 5.26 Å². The highest BCUT2D eigenvalue weighted by Gasteiger charge is 2.18. The molecule has 0 saturated carbocycles. The summed E-state index contributed by atoms with van der Waals surface area (Å²) in [7, 11) is 1.27. The summed E-state index contributed by atoms with van der Waals surface area (Å²) in [5.74, 6) is -0.973. The van der Waals surface area contributed by atoms with Crippen LogP contribution in [0.15, 0.2) is 53.8 Å². The summed E-state index contributed by atoms with van der Waals surface area (Å²) >= 11 is 0. The number of hydrogen-bond acceptors (Lipinski definition) is 6. The standard InChI is InChI=1S/C22H22N2O5/c1-4-20(25)19(13-23)21(26)24-15-9-10-17(18(12-15)22(27)28-3)14-7-6-8-16(11-14)29-5-2/h6-12,25H,4-5H2,1-3H3,(H,24,26)/b20-19-. The zero-order valence-corrected chi connectivity index (χ0v) is 16.5. The molecule has 2 aromatic rings. The molecule has 0 bridgehead atoms. The predicted octanol–water partition coefficient (Wildman–Crippen LogP) is 4.22. The smallest absolute Gasteiger partial charge is 0.338 e. The topological polar surface area (TPSA) is 109 Å². The van der Waals surface area contributed by atoms with E-state index in [9.17, 15) is 14.7 Å². The highest BCUT2D eigenvalue weighted by molar-refractivity contribution is 6.08. The minimum Gasteiger partial charge on any atom is -0.511 e. The third-order valence-electron chi connectivity index (χ3n) is 4.10. The fourth-order valence-electron chi connectivity index (χ4n) is 2.69. The molecule has 2 N–H and O–H groups in total. The van der Waals surface area contributed by atoms with Gasteiger partial charge in [0.05, 0.1) is 19.3 Å². The van der Waals surface area contributed by atoms with Crippen LogP contribution < -0.4 is 10.1 Å². The zero-order chi connectivity index (χ0) is 21.4. The summed E-state index contributed by atoms with van der Waals surface area (Å²) < 4.78 is 10.4. The van der Waals surface area contributed by atoms with Crippen LogP contribution in [0, 0.1) is 11.3 Å². The number of carbonyl (C=O) groups is 2. The maximum absolute atomic E-state index is 12.3. The van der Waals surface area contributed by atoms with Crippen LogP contribution in [0.4, 0.5) is 5.69 Å². The molecule has 7 nitrogen and oxygen atoms in total. The van der Waals surface area contributed by atoms with Gasteiger partial charge in [0.15, 0.2) is 5.57 Å². The molecule has 0 unspecified atom stereocenters. The van der Waals surface area contributed by atoms with Gasteiger partial charge in [0.2, 0.25) is 0 Å². The van der Waals surface area contributed by atoms with E-state index in [1.165, 1.54) is 13.2 Å². The van der Waals surface area contributed by atoms with E-state index in [2.05, 4.69) is 5.32 Å². The van der Waals surface area contributed by atoms with Gasteiger partial charge in [-0.05, 0) is 42.3 Å². The zero-order valence-electron chi connectivity index (χ0n) is 16.5. The van der Waals surface area contributed by atoms with Crippen molar-refractivity contribution in [2.75, 3.05) is 19.0 Å². The molecule has 1 amide bonds. The quantitative estimate of drug-likeness (QED) is 0.315. The number of aliphatic hydroxyl groups excluding tert-OH is 1. The number of rotatable bonds is 7. The van der Waals surface area contributed by atoms with E-state index >= 15 is 0 Å². The molecule has 0 aromatic heterocycles. The number of methoxy groups -OCH3 is 1. The Bertz CT molecular complexity index is 989. The van der Waals surface area contributed by atoms with Crippen molar-refractivity contribution in [2.45, 2.75) is 20.3 Å². The first-order chi connectivity index (χ1) is 13.9. The van der Waals surface area contributed by atoms with E-state index in [1.807, 2.05) is 25.1 Å². The van der Waals surface area contributed by atoms with E-state index < -0.39 is 11.9 Å². The first-order valence-electron chi connectivity index (χ1n) is 9.04. The van der Waals surface area contributed by atoms with E-state index in [1.54, 1.807) is 31.2 Å². The van der Waals surface area contributed by atoms with Crippen LogP contribution in [0.25, 0.3) is 11.1 Å². The van der Waals surface area contributed by atoms with Crippen LogP contribution in [-0.4, -0.2) is 30.7 Å². The number of nitrogens with one attached hydrogen (secondary N) is 1. The molecule has 0 heterocycles. The van der Waals surface area contributed by atoms with Gasteiger partial charge >= 0.3 is 5.97 Å². The molecule has 0 atom stereocenters. The Hall–Kier alpha value is -3.79. The number of ether oxygens (including phenoxy) is 2. The molecule has 0 spiro atoms. The van der Waals surface area contributed by atoms with Gasteiger partial charge < -0.3 is 19.9 Å². The largest absolute Gasteiger partial charge is 0.511 e. The summed E-state index contributed by atoms with van der Waals surface area (Å²) in [6.07, 6.45) is 0.152. The van der Waals surface area contributed by atoms with Gasteiger partial charge in [-0.1, -0.05) is 25.1 Å². The Morgan fingerprint density at radius 2 is 1.93 bits per heavy atom. The molecule has 2 rings (SSSR count). The van der Waals surface area contributed by atoms with Crippen molar-refractivity contribution >= 4 is 17.6 Å².